The number of amides is 2. The molecule has 2 heterocycles. The van der Waals surface area contributed by atoms with Crippen molar-refractivity contribution < 1.29 is 14.3 Å². The molecule has 150 valence electrons. The van der Waals surface area contributed by atoms with Crippen LogP contribution in [-0.2, 0) is 9.59 Å². The van der Waals surface area contributed by atoms with Gasteiger partial charge in [0.2, 0.25) is 5.91 Å². The van der Waals surface area contributed by atoms with E-state index in [1.807, 2.05) is 0 Å². The van der Waals surface area contributed by atoms with E-state index >= 15 is 0 Å². The van der Waals surface area contributed by atoms with E-state index in [9.17, 15) is 9.59 Å². The van der Waals surface area contributed by atoms with Crippen molar-refractivity contribution in [3.63, 3.8) is 0 Å². The monoisotopic (exact) mass is 467 g/mol. The van der Waals surface area contributed by atoms with Gasteiger partial charge in [-0.2, -0.15) is 0 Å². The third-order valence-electron chi connectivity index (χ3n) is 4.10. The van der Waals surface area contributed by atoms with Crippen molar-refractivity contribution in [3.05, 3.63) is 44.4 Å². The average Bonchev–Trinajstić information content (AvgIpc) is 3.36. The van der Waals surface area contributed by atoms with Gasteiger partial charge in [0, 0.05) is 28.6 Å². The van der Waals surface area contributed by atoms with E-state index in [4.69, 9.17) is 27.9 Å². The van der Waals surface area contributed by atoms with Crippen molar-refractivity contribution in [1.29, 1.82) is 0 Å². The van der Waals surface area contributed by atoms with Crippen LogP contribution in [0.2, 0.25) is 8.67 Å². The maximum Gasteiger partial charge on any atom is 0.264 e. The molecule has 0 radical (unpaired) electrons. The number of nitrogens with one attached hydrogen (secondary N) is 2. The zero-order chi connectivity index (χ0) is 20.4. The highest BCUT2D eigenvalue weighted by Gasteiger charge is 2.29. The first-order valence-electron chi connectivity index (χ1n) is 8.72. The lowest BCUT2D eigenvalue weighted by Crippen LogP contribution is -2.20. The van der Waals surface area contributed by atoms with Crippen LogP contribution in [0.1, 0.15) is 12.8 Å². The van der Waals surface area contributed by atoms with E-state index in [1.54, 1.807) is 35.7 Å². The molecule has 0 aliphatic heterocycles. The number of hydrogen-bond donors (Lipinski definition) is 2. The highest BCUT2D eigenvalue weighted by molar-refractivity contribution is 7.20. The molecule has 0 atom stereocenters. The number of carbonyl (C=O) groups excluding carboxylic acids is 2. The van der Waals surface area contributed by atoms with E-state index in [2.05, 4.69) is 15.6 Å². The molecule has 2 aromatic heterocycles. The van der Waals surface area contributed by atoms with Gasteiger partial charge in [-0.25, -0.2) is 4.98 Å². The molecule has 2 amide bonds. The Hall–Kier alpha value is -2.13. The van der Waals surface area contributed by atoms with Crippen LogP contribution in [-0.4, -0.2) is 23.4 Å². The predicted octanol–water partition coefficient (Wildman–Crippen LogP) is 5.54. The second-order valence-corrected chi connectivity index (χ2v) is 9.55. The Morgan fingerprint density at radius 3 is 2.76 bits per heavy atom. The molecule has 29 heavy (non-hydrogen) atoms. The number of hydrogen-bond acceptors (Lipinski definition) is 6. The number of rotatable bonds is 7. The van der Waals surface area contributed by atoms with Crippen molar-refractivity contribution in [2.24, 2.45) is 5.92 Å². The molecule has 0 bridgehead atoms. The minimum Gasteiger partial charge on any atom is -0.484 e. The van der Waals surface area contributed by atoms with E-state index in [0.29, 0.717) is 30.9 Å². The van der Waals surface area contributed by atoms with Crippen molar-refractivity contribution in [3.8, 4) is 17.0 Å². The van der Waals surface area contributed by atoms with Crippen molar-refractivity contribution >= 4 is 68.5 Å². The van der Waals surface area contributed by atoms with Crippen molar-refractivity contribution in [2.75, 3.05) is 17.2 Å². The van der Waals surface area contributed by atoms with Gasteiger partial charge in [0.25, 0.3) is 5.91 Å². The number of ether oxygens (including phenoxy) is 1. The summed E-state index contributed by atoms with van der Waals surface area (Å²) in [4.78, 5) is 28.4. The molecule has 0 spiro atoms. The van der Waals surface area contributed by atoms with Crippen molar-refractivity contribution in [2.45, 2.75) is 12.8 Å². The van der Waals surface area contributed by atoms with Gasteiger partial charge in [0.15, 0.2) is 11.7 Å². The number of thiophene rings is 1. The first kappa shape index (κ1) is 20.2. The van der Waals surface area contributed by atoms with Gasteiger partial charge in [-0.1, -0.05) is 29.3 Å². The number of benzene rings is 1. The van der Waals surface area contributed by atoms with Gasteiger partial charge in [-0.15, -0.1) is 22.7 Å². The van der Waals surface area contributed by atoms with Crippen LogP contribution in [0.25, 0.3) is 11.3 Å². The first-order valence-corrected chi connectivity index (χ1v) is 11.2. The fraction of sp³-hybridized carbons (Fsp3) is 0.211. The maximum absolute atomic E-state index is 12.2. The van der Waals surface area contributed by atoms with Crippen LogP contribution in [0.5, 0.6) is 5.75 Å². The van der Waals surface area contributed by atoms with Crippen LogP contribution >= 0.6 is 45.9 Å². The van der Waals surface area contributed by atoms with Crippen LogP contribution in [0, 0.1) is 5.92 Å². The number of anilines is 2. The molecule has 3 aromatic rings. The van der Waals surface area contributed by atoms with E-state index < -0.39 is 0 Å². The minimum atomic E-state index is -0.340. The topological polar surface area (TPSA) is 80.3 Å². The second kappa shape index (κ2) is 8.71. The summed E-state index contributed by atoms with van der Waals surface area (Å²) in [6, 6.07) is 8.71. The molecule has 0 unspecified atom stereocenters. The normalized spacial score (nSPS) is 13.2. The Morgan fingerprint density at radius 2 is 2.03 bits per heavy atom. The zero-order valence-electron chi connectivity index (χ0n) is 14.9. The van der Waals surface area contributed by atoms with Gasteiger partial charge >= 0.3 is 0 Å². The Labute approximate surface area is 184 Å². The van der Waals surface area contributed by atoms with Crippen LogP contribution in [0.4, 0.5) is 10.8 Å². The Bertz CT molecular complexity index is 1060. The number of aromatic nitrogens is 1. The standard InChI is InChI=1S/C19H15Cl2N3O3S2/c20-15-7-13(17(21)29-15)14-9-28-19(23-14)24-16(25)8-27-12-3-1-2-11(6-12)22-18(26)10-4-5-10/h1-3,6-7,9-10H,4-5,8H2,(H,22,26)(H,23,24,25). The molecule has 6 nitrogen and oxygen atoms in total. The molecule has 1 fully saturated rings. The summed E-state index contributed by atoms with van der Waals surface area (Å²) in [6.07, 6.45) is 1.87. The highest BCUT2D eigenvalue weighted by Crippen LogP contribution is 2.39. The third-order valence-corrected chi connectivity index (χ3v) is 6.35. The largest absolute Gasteiger partial charge is 0.484 e. The summed E-state index contributed by atoms with van der Waals surface area (Å²) in [6.45, 7) is -0.181. The van der Waals surface area contributed by atoms with Gasteiger partial charge < -0.3 is 10.1 Å². The molecule has 1 aliphatic carbocycles. The fourth-order valence-corrected chi connectivity index (χ4v) is 4.74. The number of thiazole rings is 1. The van der Waals surface area contributed by atoms with Gasteiger partial charge in [0.05, 0.1) is 10.0 Å². The lowest BCUT2D eigenvalue weighted by molar-refractivity contribution is -0.118. The fourth-order valence-electron chi connectivity index (χ4n) is 2.53. The molecule has 4 rings (SSSR count). The maximum atomic E-state index is 12.2. The Balaban J connectivity index is 1.31. The molecular formula is C19H15Cl2N3O3S2. The van der Waals surface area contributed by atoms with Crippen LogP contribution in [0.15, 0.2) is 35.7 Å². The van der Waals surface area contributed by atoms with Gasteiger partial charge in [-0.05, 0) is 31.0 Å². The Kier molecular flexibility index (Phi) is 6.05. The number of halogens is 2. The van der Waals surface area contributed by atoms with E-state index in [1.165, 1.54) is 22.7 Å². The van der Waals surface area contributed by atoms with Crippen LogP contribution < -0.4 is 15.4 Å². The average molecular weight is 468 g/mol. The van der Waals surface area contributed by atoms with Crippen LogP contribution in [0.3, 0.4) is 0 Å². The lowest BCUT2D eigenvalue weighted by atomic mass is 10.3. The summed E-state index contributed by atoms with van der Waals surface area (Å²) in [5, 5.41) is 7.79. The summed E-state index contributed by atoms with van der Waals surface area (Å²) >= 11 is 14.7. The molecule has 1 aliphatic rings. The predicted molar refractivity (Wildman–Crippen MR) is 117 cm³/mol. The zero-order valence-corrected chi connectivity index (χ0v) is 18.1. The number of carbonyl (C=O) groups is 2. The third kappa shape index (κ3) is 5.27. The smallest absolute Gasteiger partial charge is 0.264 e. The first-order chi connectivity index (χ1) is 14.0. The quantitative estimate of drug-likeness (QED) is 0.477. The minimum absolute atomic E-state index is 0.0199. The summed E-state index contributed by atoms with van der Waals surface area (Å²) in [5.74, 6) is 0.293. The molecule has 2 N–H and O–H groups in total. The molecule has 10 heteroatoms. The second-order valence-electron chi connectivity index (χ2n) is 6.40. The summed E-state index contributed by atoms with van der Waals surface area (Å²) in [7, 11) is 0. The SMILES string of the molecule is O=C(COc1cccc(NC(=O)C2CC2)c1)Nc1nc(-c2cc(Cl)sc2Cl)cs1. The van der Waals surface area contributed by atoms with Gasteiger partial charge in [-0.3, -0.25) is 14.9 Å². The molecule has 1 aromatic carbocycles. The summed E-state index contributed by atoms with van der Waals surface area (Å²) < 4.78 is 6.66. The molecule has 1 saturated carbocycles. The van der Waals surface area contributed by atoms with E-state index in [-0.39, 0.29) is 24.3 Å². The summed E-state index contributed by atoms with van der Waals surface area (Å²) in [5.41, 5.74) is 2.04. The van der Waals surface area contributed by atoms with Gasteiger partial charge in [0.1, 0.15) is 10.1 Å². The lowest BCUT2D eigenvalue weighted by Gasteiger charge is -2.08. The molecular weight excluding hydrogens is 453 g/mol. The highest BCUT2D eigenvalue weighted by atomic mass is 35.5. The van der Waals surface area contributed by atoms with Crippen molar-refractivity contribution in [1.82, 2.24) is 4.98 Å². The number of nitrogens with zero attached hydrogens (tertiary/aromatic N) is 1. The Morgan fingerprint density at radius 1 is 1.21 bits per heavy atom. The molecule has 0 saturated heterocycles. The van der Waals surface area contributed by atoms with E-state index in [0.717, 1.165) is 18.4 Å².